The minimum Gasteiger partial charge on any atom is -0.494 e. The van der Waals surface area contributed by atoms with E-state index in [9.17, 15) is 35.9 Å². The minimum atomic E-state index is -4.93. The molecule has 4 aromatic carbocycles. The van der Waals surface area contributed by atoms with Gasteiger partial charge in [-0.25, -0.2) is 19.9 Å². The van der Waals surface area contributed by atoms with E-state index in [1.807, 2.05) is 61.9 Å². The first-order valence-corrected chi connectivity index (χ1v) is 24.4. The van der Waals surface area contributed by atoms with Crippen LogP contribution >= 0.6 is 23.2 Å². The highest BCUT2D eigenvalue weighted by molar-refractivity contribution is 6.32. The van der Waals surface area contributed by atoms with Gasteiger partial charge in [0.15, 0.2) is 0 Å². The van der Waals surface area contributed by atoms with Crippen LogP contribution in [0.25, 0.3) is 0 Å². The first-order valence-electron chi connectivity index (χ1n) is 23.7. The number of hydrogen-bond acceptors (Lipinski definition) is 17. The SMILES string of the molecule is C=CC(=O)Nc1cc(Nc2cc(Nc3ccc(C(F)(F)F)c(Cl)c3)ncn2)c(OC/C=C\C(=O)Nc2cc(Nc3cc(Nc4ccc(OC(F)(F)F)c(Cl)c4)ncn3)c(OC)cc2N(C)CCN(C)C)cc1N(C)CCN(C)C. The van der Waals surface area contributed by atoms with Gasteiger partial charge in [0.25, 0.3) is 0 Å². The number of rotatable bonds is 25. The fourth-order valence-electron chi connectivity index (χ4n) is 7.21. The Morgan fingerprint density at radius 1 is 0.595 bits per heavy atom. The number of halogens is 8. The monoisotopic (exact) mass is 1140 g/mol. The summed E-state index contributed by atoms with van der Waals surface area (Å²) in [5, 5.41) is 17.3. The Labute approximate surface area is 461 Å². The van der Waals surface area contributed by atoms with Gasteiger partial charge in [0.2, 0.25) is 11.8 Å². The molecule has 19 nitrogen and oxygen atoms in total. The molecule has 0 fully saturated rings. The van der Waals surface area contributed by atoms with Crippen molar-refractivity contribution in [1.82, 2.24) is 29.7 Å². The van der Waals surface area contributed by atoms with E-state index in [-0.39, 0.29) is 46.3 Å². The molecule has 420 valence electrons. The van der Waals surface area contributed by atoms with E-state index in [4.69, 9.17) is 32.7 Å². The molecule has 2 amide bonds. The molecule has 0 radical (unpaired) electrons. The molecule has 2 aromatic heterocycles. The van der Waals surface area contributed by atoms with Gasteiger partial charge in [-0.15, -0.1) is 13.2 Å². The molecule has 0 bridgehead atoms. The van der Waals surface area contributed by atoms with Gasteiger partial charge < -0.3 is 65.7 Å². The number of alkyl halides is 6. The highest BCUT2D eigenvalue weighted by Crippen LogP contribution is 2.41. The number of methoxy groups -OCH3 is 1. The molecule has 0 aliphatic rings. The average molecular weight is 1140 g/mol. The lowest BCUT2D eigenvalue weighted by atomic mass is 10.2. The van der Waals surface area contributed by atoms with Crippen LogP contribution in [0.1, 0.15) is 5.56 Å². The van der Waals surface area contributed by atoms with Gasteiger partial charge in [-0.3, -0.25) is 9.59 Å². The van der Waals surface area contributed by atoms with Crippen LogP contribution in [0.2, 0.25) is 10.0 Å². The number of anilines is 12. The Morgan fingerprint density at radius 2 is 1.08 bits per heavy atom. The van der Waals surface area contributed by atoms with Crippen molar-refractivity contribution in [2.24, 2.45) is 0 Å². The standard InChI is InChI=1S/C52H56Cl2F6N14O5/c1-9-49(75)69-36-24-39(68-48-28-45(61-30-64-48)65-31-12-14-33(34(53)21-31)51(55,56)57)44(26-41(36)74(7)19-17-72(4)5)78-20-10-11-50(76)70-37-23-38(43(77-8)25-40(37)73(6)18-16-71(2)3)67-47-27-46(62-29-63-47)66-32-13-15-42(35(54)22-32)79-52(58,59)60/h9-15,21-30H,1,16-20H2,2-8H3,(H,69,75)(H,70,76)(H2,61,64,65,68)(H2,62,63,66,67)/b11-10-. The molecule has 79 heavy (non-hydrogen) atoms. The summed E-state index contributed by atoms with van der Waals surface area (Å²) in [5.41, 5.74) is 2.22. The third-order valence-corrected chi connectivity index (χ3v) is 11.8. The summed E-state index contributed by atoms with van der Waals surface area (Å²) in [7, 11) is 12.9. The lowest BCUT2D eigenvalue weighted by Gasteiger charge is -2.26. The molecule has 0 saturated heterocycles. The van der Waals surface area contributed by atoms with Crippen molar-refractivity contribution in [3.05, 3.63) is 126 Å². The summed E-state index contributed by atoms with van der Waals surface area (Å²) in [5.74, 6) is 0.0295. The van der Waals surface area contributed by atoms with E-state index in [0.717, 1.165) is 24.3 Å². The van der Waals surface area contributed by atoms with E-state index in [2.05, 4.69) is 63.2 Å². The smallest absolute Gasteiger partial charge is 0.494 e. The van der Waals surface area contributed by atoms with Gasteiger partial charge in [-0.05, 0) is 88.9 Å². The first-order chi connectivity index (χ1) is 37.4. The van der Waals surface area contributed by atoms with E-state index in [0.29, 0.717) is 71.7 Å². The molecule has 0 spiro atoms. The van der Waals surface area contributed by atoms with E-state index in [1.165, 1.54) is 62.2 Å². The second kappa shape index (κ2) is 26.9. The van der Waals surface area contributed by atoms with Crippen LogP contribution < -0.4 is 55.9 Å². The lowest BCUT2D eigenvalue weighted by Crippen LogP contribution is -2.29. The van der Waals surface area contributed by atoms with Crippen molar-refractivity contribution in [2.75, 3.05) is 124 Å². The third-order valence-electron chi connectivity index (χ3n) is 11.1. The maximum atomic E-state index is 13.8. The Morgan fingerprint density at radius 3 is 1.54 bits per heavy atom. The second-order valence-electron chi connectivity index (χ2n) is 17.7. The molecule has 0 aliphatic heterocycles. The topological polar surface area (TPSA) is 199 Å². The number of amides is 2. The summed E-state index contributed by atoms with van der Waals surface area (Å²) in [6.45, 7) is 5.87. The van der Waals surface area contributed by atoms with Gasteiger partial charge in [0.05, 0.1) is 56.8 Å². The van der Waals surface area contributed by atoms with Crippen molar-refractivity contribution < 1.29 is 50.1 Å². The highest BCUT2D eigenvalue weighted by atomic mass is 35.5. The van der Waals surface area contributed by atoms with Crippen molar-refractivity contribution in [2.45, 2.75) is 12.5 Å². The average Bonchev–Trinajstić information content (AvgIpc) is 3.46. The van der Waals surface area contributed by atoms with E-state index in [1.54, 1.807) is 24.3 Å². The van der Waals surface area contributed by atoms with Crippen LogP contribution in [0.5, 0.6) is 17.2 Å². The maximum absolute atomic E-state index is 13.8. The predicted octanol–water partition coefficient (Wildman–Crippen LogP) is 11.2. The summed E-state index contributed by atoms with van der Waals surface area (Å²) in [4.78, 5) is 51.5. The number of nitrogens with one attached hydrogen (secondary N) is 6. The van der Waals surface area contributed by atoms with Crippen LogP contribution in [0, 0.1) is 0 Å². The number of likely N-dealkylation sites (N-methyl/N-ethyl adjacent to an activating group) is 4. The Balaban J connectivity index is 1.26. The van der Waals surface area contributed by atoms with Crippen molar-refractivity contribution >= 4 is 104 Å². The number of hydrogen-bond donors (Lipinski definition) is 6. The van der Waals surface area contributed by atoms with Crippen LogP contribution in [0.4, 0.5) is 95.1 Å². The van der Waals surface area contributed by atoms with E-state index < -0.39 is 40.7 Å². The first kappa shape index (κ1) is 60.0. The van der Waals surface area contributed by atoms with Crippen LogP contribution in [0.15, 0.2) is 110 Å². The van der Waals surface area contributed by atoms with Gasteiger partial charge >= 0.3 is 12.5 Å². The predicted molar refractivity (Wildman–Crippen MR) is 297 cm³/mol. The molecule has 6 N–H and O–H groups in total. The number of carbonyl (C=O) groups is 2. The van der Waals surface area contributed by atoms with Crippen LogP contribution in [-0.2, 0) is 15.8 Å². The number of aromatic nitrogens is 4. The zero-order valence-electron chi connectivity index (χ0n) is 43.7. The molecule has 0 unspecified atom stereocenters. The van der Waals surface area contributed by atoms with Crippen molar-refractivity contribution in [3.8, 4) is 17.2 Å². The van der Waals surface area contributed by atoms with Gasteiger partial charge in [-0.1, -0.05) is 29.8 Å². The molecular formula is C52H56Cl2F6N14O5. The molecule has 0 atom stereocenters. The molecule has 2 heterocycles. The molecule has 0 aliphatic carbocycles. The number of carbonyl (C=O) groups excluding carboxylic acids is 2. The summed E-state index contributed by atoms with van der Waals surface area (Å²) >= 11 is 12.0. The molecule has 27 heteroatoms. The summed E-state index contributed by atoms with van der Waals surface area (Å²) < 4.78 is 94.7. The van der Waals surface area contributed by atoms with Crippen molar-refractivity contribution in [1.29, 1.82) is 0 Å². The van der Waals surface area contributed by atoms with E-state index >= 15 is 0 Å². The Hall–Kier alpha value is -8.26. The normalized spacial score (nSPS) is 11.6. The molecular weight excluding hydrogens is 1090 g/mol. The number of ether oxygens (including phenoxy) is 3. The van der Waals surface area contributed by atoms with Gasteiger partial charge in [-0.2, -0.15) is 13.2 Å². The van der Waals surface area contributed by atoms with Gasteiger partial charge in [0.1, 0.15) is 59.8 Å². The number of nitrogens with zero attached hydrogens (tertiary/aromatic N) is 8. The Kier molecular flexibility index (Phi) is 20.4. The lowest BCUT2D eigenvalue weighted by molar-refractivity contribution is -0.274. The van der Waals surface area contributed by atoms with Crippen molar-refractivity contribution in [3.63, 3.8) is 0 Å². The van der Waals surface area contributed by atoms with Crippen LogP contribution in [-0.4, -0.2) is 130 Å². The zero-order chi connectivity index (χ0) is 57.6. The fraction of sp³-hybridized carbons (Fsp3) is 0.269. The molecule has 6 rings (SSSR count). The van der Waals surface area contributed by atoms with Gasteiger partial charge in [0, 0.05) is 82.0 Å². The number of benzene rings is 4. The second-order valence-corrected chi connectivity index (χ2v) is 18.6. The highest BCUT2D eigenvalue weighted by Gasteiger charge is 2.34. The molecule has 6 aromatic rings. The Bertz CT molecular complexity index is 3150. The molecule has 0 saturated carbocycles. The van der Waals surface area contributed by atoms with Crippen LogP contribution in [0.3, 0.4) is 0 Å². The fourth-order valence-corrected chi connectivity index (χ4v) is 7.72. The third kappa shape index (κ3) is 17.9. The largest absolute Gasteiger partial charge is 0.573 e. The summed E-state index contributed by atoms with van der Waals surface area (Å²) in [6.07, 6.45) is -3.17. The maximum Gasteiger partial charge on any atom is 0.573 e. The zero-order valence-corrected chi connectivity index (χ0v) is 45.2. The minimum absolute atomic E-state index is 0.140. The summed E-state index contributed by atoms with van der Waals surface area (Å²) in [6, 6.07) is 16.6. The quantitative estimate of drug-likeness (QED) is 0.0233.